The van der Waals surface area contributed by atoms with Crippen molar-refractivity contribution >= 4 is 11.1 Å². The van der Waals surface area contributed by atoms with Crippen molar-refractivity contribution in [1.82, 2.24) is 9.97 Å². The summed E-state index contributed by atoms with van der Waals surface area (Å²) in [5, 5.41) is 0.237. The van der Waals surface area contributed by atoms with Gasteiger partial charge in [0, 0.05) is 11.6 Å². The first-order chi connectivity index (χ1) is 14.0. The molecule has 4 aromatic rings. The molecule has 0 aliphatic rings. The summed E-state index contributed by atoms with van der Waals surface area (Å²) in [6.45, 7) is 1.93. The maximum atomic E-state index is 14.0. The van der Waals surface area contributed by atoms with Crippen LogP contribution in [0.2, 0.25) is 0 Å². The topological polar surface area (TPSA) is 85.2 Å². The van der Waals surface area contributed by atoms with Gasteiger partial charge in [0.2, 0.25) is 5.71 Å². The molecule has 6 nitrogen and oxygen atoms in total. The summed E-state index contributed by atoms with van der Waals surface area (Å²) in [4.78, 5) is 30.7. The standard InChI is InChI=1S/C22H17FN2O4/c1-2-14-11-18(26)29-21-19(14)20(27)24-22(25-21)28-12-13-6-5-7-15(10-13)16-8-3-4-9-17(16)23/h3-11H,2,12H2,1H3,(H,24,25,27). The molecule has 0 atom stereocenters. The van der Waals surface area contributed by atoms with Gasteiger partial charge in [0.05, 0.1) is 0 Å². The molecule has 0 saturated carbocycles. The summed E-state index contributed by atoms with van der Waals surface area (Å²) < 4.78 is 24.7. The number of benzene rings is 2. The molecule has 0 radical (unpaired) electrons. The van der Waals surface area contributed by atoms with Crippen molar-refractivity contribution in [3.05, 3.63) is 92.3 Å². The van der Waals surface area contributed by atoms with Gasteiger partial charge in [-0.25, -0.2) is 9.18 Å². The van der Waals surface area contributed by atoms with Gasteiger partial charge in [-0.05, 0) is 35.2 Å². The number of nitrogens with one attached hydrogen (secondary N) is 1. The molecule has 146 valence electrons. The van der Waals surface area contributed by atoms with E-state index in [0.717, 1.165) is 5.56 Å². The Balaban J connectivity index is 1.62. The van der Waals surface area contributed by atoms with Gasteiger partial charge < -0.3 is 9.15 Å². The summed E-state index contributed by atoms with van der Waals surface area (Å²) in [6, 6.07) is 14.9. The van der Waals surface area contributed by atoms with Crippen LogP contribution in [0.25, 0.3) is 22.2 Å². The zero-order valence-electron chi connectivity index (χ0n) is 15.6. The summed E-state index contributed by atoms with van der Waals surface area (Å²) in [5.74, 6) is -0.312. The van der Waals surface area contributed by atoms with Gasteiger partial charge in [0.1, 0.15) is 17.8 Å². The Morgan fingerprint density at radius 2 is 1.93 bits per heavy atom. The highest BCUT2D eigenvalue weighted by Crippen LogP contribution is 2.24. The number of H-pyrrole nitrogens is 1. The van der Waals surface area contributed by atoms with Crippen molar-refractivity contribution in [1.29, 1.82) is 0 Å². The third-order valence-corrected chi connectivity index (χ3v) is 4.54. The quantitative estimate of drug-likeness (QED) is 0.558. The SMILES string of the molecule is CCc1cc(=O)oc2nc(OCc3cccc(-c4ccccc4F)c3)[nH]c(=O)c12. The Hall–Kier alpha value is -3.74. The molecule has 2 aromatic carbocycles. The maximum Gasteiger partial charge on any atom is 0.337 e. The number of rotatable bonds is 5. The van der Waals surface area contributed by atoms with Crippen LogP contribution < -0.4 is 15.9 Å². The Kier molecular flexibility index (Phi) is 4.95. The van der Waals surface area contributed by atoms with E-state index in [1.807, 2.05) is 13.0 Å². The average molecular weight is 392 g/mol. The fraction of sp³-hybridized carbons (Fsp3) is 0.136. The second-order valence-electron chi connectivity index (χ2n) is 6.46. The number of hydrogen-bond donors (Lipinski definition) is 1. The van der Waals surface area contributed by atoms with Crippen LogP contribution in [0.3, 0.4) is 0 Å². The zero-order chi connectivity index (χ0) is 20.4. The van der Waals surface area contributed by atoms with E-state index >= 15 is 0 Å². The van der Waals surface area contributed by atoms with E-state index in [9.17, 15) is 14.0 Å². The number of halogens is 1. The highest BCUT2D eigenvalue weighted by atomic mass is 19.1. The van der Waals surface area contributed by atoms with Gasteiger partial charge in [-0.15, -0.1) is 0 Å². The predicted octanol–water partition coefficient (Wildman–Crippen LogP) is 3.82. The number of fused-ring (bicyclic) bond motifs is 1. The fourth-order valence-electron chi connectivity index (χ4n) is 3.15. The van der Waals surface area contributed by atoms with Crippen molar-refractivity contribution < 1.29 is 13.5 Å². The predicted molar refractivity (Wildman–Crippen MR) is 106 cm³/mol. The minimum absolute atomic E-state index is 0.0600. The number of hydrogen-bond acceptors (Lipinski definition) is 5. The second-order valence-corrected chi connectivity index (χ2v) is 6.46. The van der Waals surface area contributed by atoms with Gasteiger partial charge in [-0.1, -0.05) is 43.3 Å². The first kappa shape index (κ1) is 18.6. The molecule has 0 bridgehead atoms. The van der Waals surface area contributed by atoms with Crippen molar-refractivity contribution in [2.75, 3.05) is 0 Å². The first-order valence-electron chi connectivity index (χ1n) is 9.09. The van der Waals surface area contributed by atoms with Crippen molar-refractivity contribution in [3.8, 4) is 17.1 Å². The van der Waals surface area contributed by atoms with E-state index in [2.05, 4.69) is 9.97 Å². The minimum Gasteiger partial charge on any atom is -0.460 e. The Morgan fingerprint density at radius 1 is 1.10 bits per heavy atom. The van der Waals surface area contributed by atoms with Crippen LogP contribution in [0.5, 0.6) is 6.01 Å². The summed E-state index contributed by atoms with van der Waals surface area (Å²) in [7, 11) is 0. The van der Waals surface area contributed by atoms with E-state index in [0.29, 0.717) is 23.1 Å². The van der Waals surface area contributed by atoms with Gasteiger partial charge >= 0.3 is 5.63 Å². The summed E-state index contributed by atoms with van der Waals surface area (Å²) >= 11 is 0. The normalized spacial score (nSPS) is 11.0. The summed E-state index contributed by atoms with van der Waals surface area (Å²) in [6.07, 6.45) is 0.496. The van der Waals surface area contributed by atoms with Crippen molar-refractivity contribution in [2.24, 2.45) is 0 Å². The van der Waals surface area contributed by atoms with Gasteiger partial charge in [-0.3, -0.25) is 9.78 Å². The van der Waals surface area contributed by atoms with E-state index in [1.165, 1.54) is 12.1 Å². The molecule has 7 heteroatoms. The number of aryl methyl sites for hydroxylation is 1. The molecule has 0 fully saturated rings. The van der Waals surface area contributed by atoms with Crippen LogP contribution in [0.4, 0.5) is 4.39 Å². The summed E-state index contributed by atoms with van der Waals surface area (Å²) in [5.41, 5.74) is 1.45. The Morgan fingerprint density at radius 3 is 2.72 bits per heavy atom. The molecule has 29 heavy (non-hydrogen) atoms. The fourth-order valence-corrected chi connectivity index (χ4v) is 3.15. The lowest BCUT2D eigenvalue weighted by atomic mass is 10.0. The molecule has 1 N–H and O–H groups in total. The number of nitrogens with zero attached hydrogens (tertiary/aromatic N) is 1. The number of ether oxygens (including phenoxy) is 1. The van der Waals surface area contributed by atoms with Gasteiger partial charge in [0.25, 0.3) is 11.6 Å². The minimum atomic E-state index is -0.573. The van der Waals surface area contributed by atoms with Crippen LogP contribution in [-0.2, 0) is 13.0 Å². The number of aromatic amines is 1. The molecule has 0 saturated heterocycles. The highest BCUT2D eigenvalue weighted by Gasteiger charge is 2.12. The van der Waals surface area contributed by atoms with Crippen LogP contribution in [0.15, 0.2) is 68.6 Å². The molecular weight excluding hydrogens is 375 g/mol. The first-order valence-corrected chi connectivity index (χ1v) is 9.09. The highest BCUT2D eigenvalue weighted by molar-refractivity contribution is 5.75. The third-order valence-electron chi connectivity index (χ3n) is 4.54. The molecule has 4 rings (SSSR count). The lowest BCUT2D eigenvalue weighted by molar-refractivity contribution is 0.279. The molecule has 0 spiro atoms. The lowest BCUT2D eigenvalue weighted by Crippen LogP contribution is -2.15. The van der Waals surface area contributed by atoms with Crippen LogP contribution in [0, 0.1) is 5.82 Å². The van der Waals surface area contributed by atoms with Crippen LogP contribution >= 0.6 is 0 Å². The molecule has 0 amide bonds. The largest absolute Gasteiger partial charge is 0.460 e. The van der Waals surface area contributed by atoms with E-state index in [-0.39, 0.29) is 29.5 Å². The van der Waals surface area contributed by atoms with E-state index in [4.69, 9.17) is 9.15 Å². The lowest BCUT2D eigenvalue weighted by Gasteiger charge is -2.09. The van der Waals surface area contributed by atoms with Gasteiger partial charge in [-0.2, -0.15) is 4.98 Å². The van der Waals surface area contributed by atoms with Gasteiger partial charge in [0.15, 0.2) is 0 Å². The van der Waals surface area contributed by atoms with Crippen LogP contribution in [0.1, 0.15) is 18.1 Å². The van der Waals surface area contributed by atoms with E-state index < -0.39 is 11.2 Å². The molecule has 0 unspecified atom stereocenters. The Bertz CT molecular complexity index is 1310. The average Bonchev–Trinajstić information content (AvgIpc) is 2.72. The Labute approximate surface area is 164 Å². The van der Waals surface area contributed by atoms with Crippen molar-refractivity contribution in [3.63, 3.8) is 0 Å². The maximum absolute atomic E-state index is 14.0. The third kappa shape index (κ3) is 3.80. The van der Waals surface area contributed by atoms with Crippen LogP contribution in [-0.4, -0.2) is 9.97 Å². The molecular formula is C22H17FN2O4. The molecule has 0 aliphatic heterocycles. The smallest absolute Gasteiger partial charge is 0.337 e. The molecule has 0 aliphatic carbocycles. The van der Waals surface area contributed by atoms with Crippen molar-refractivity contribution in [2.45, 2.75) is 20.0 Å². The number of aromatic nitrogens is 2. The molecule has 2 aromatic heterocycles. The molecule has 2 heterocycles. The van der Waals surface area contributed by atoms with E-state index in [1.54, 1.807) is 36.4 Å². The zero-order valence-corrected chi connectivity index (χ0v) is 15.6. The second kappa shape index (κ2) is 7.71. The monoisotopic (exact) mass is 392 g/mol.